The predicted octanol–water partition coefficient (Wildman–Crippen LogP) is 2.06. The van der Waals surface area contributed by atoms with Crippen LogP contribution < -0.4 is 21.0 Å². The molecule has 130 valence electrons. The molecular weight excluding hydrogens is 316 g/mol. The molecule has 3 rings (SSSR count). The summed E-state index contributed by atoms with van der Waals surface area (Å²) in [4.78, 5) is 12.2. The molecule has 6 nitrogen and oxygen atoms in total. The maximum absolute atomic E-state index is 12.2. The molecule has 1 aliphatic heterocycles. The summed E-state index contributed by atoms with van der Waals surface area (Å²) in [6.07, 6.45) is 2.28. The number of hydrogen-bond donors (Lipinski definition) is 3. The van der Waals surface area contributed by atoms with Crippen molar-refractivity contribution in [2.24, 2.45) is 5.10 Å². The first kappa shape index (κ1) is 17.1. The maximum atomic E-state index is 12.2. The van der Waals surface area contributed by atoms with Gasteiger partial charge in [0.1, 0.15) is 11.8 Å². The second-order valence-corrected chi connectivity index (χ2v) is 6.05. The fourth-order valence-corrected chi connectivity index (χ4v) is 2.68. The highest BCUT2D eigenvalue weighted by molar-refractivity contribution is 5.85. The van der Waals surface area contributed by atoms with Gasteiger partial charge in [-0.2, -0.15) is 5.10 Å². The third kappa shape index (κ3) is 4.43. The van der Waals surface area contributed by atoms with Gasteiger partial charge >= 0.3 is 0 Å². The standard InChI is InChI=1S/C19H22N4O2/c1-13-3-7-15(8-4-13)17-11-18(22-21-17)19(24)23-20-12-14-5-9-16(25-2)10-6-14/h3-10,12,17-18,21-22H,11H2,1-2H3,(H,23,24)/b20-12+. The first-order chi connectivity index (χ1) is 12.2. The van der Waals surface area contributed by atoms with Gasteiger partial charge in [0.2, 0.25) is 0 Å². The van der Waals surface area contributed by atoms with Gasteiger partial charge < -0.3 is 4.74 Å². The molecular formula is C19H22N4O2. The van der Waals surface area contributed by atoms with E-state index < -0.39 is 0 Å². The number of hydrazone groups is 1. The summed E-state index contributed by atoms with van der Waals surface area (Å²) in [7, 11) is 1.62. The van der Waals surface area contributed by atoms with Crippen LogP contribution in [0, 0.1) is 6.92 Å². The lowest BCUT2D eigenvalue weighted by Crippen LogP contribution is -2.41. The molecule has 1 saturated heterocycles. The molecule has 0 saturated carbocycles. The summed E-state index contributed by atoms with van der Waals surface area (Å²) < 4.78 is 5.10. The van der Waals surface area contributed by atoms with Crippen molar-refractivity contribution in [2.45, 2.75) is 25.4 Å². The van der Waals surface area contributed by atoms with Crippen molar-refractivity contribution in [3.05, 3.63) is 65.2 Å². The van der Waals surface area contributed by atoms with Crippen LogP contribution in [-0.4, -0.2) is 25.3 Å². The van der Waals surface area contributed by atoms with Crippen molar-refractivity contribution < 1.29 is 9.53 Å². The van der Waals surface area contributed by atoms with Crippen LogP contribution in [0.1, 0.15) is 29.2 Å². The summed E-state index contributed by atoms with van der Waals surface area (Å²) in [6, 6.07) is 15.5. The Balaban J connectivity index is 1.51. The smallest absolute Gasteiger partial charge is 0.258 e. The van der Waals surface area contributed by atoms with E-state index in [-0.39, 0.29) is 18.0 Å². The van der Waals surface area contributed by atoms with Crippen molar-refractivity contribution >= 4 is 12.1 Å². The summed E-state index contributed by atoms with van der Waals surface area (Å²) in [6.45, 7) is 2.06. The van der Waals surface area contributed by atoms with Crippen LogP contribution in [0.2, 0.25) is 0 Å². The normalized spacial score (nSPS) is 19.9. The lowest BCUT2D eigenvalue weighted by Gasteiger charge is -2.09. The number of aryl methyl sites for hydroxylation is 1. The lowest BCUT2D eigenvalue weighted by atomic mass is 10.0. The van der Waals surface area contributed by atoms with Crippen molar-refractivity contribution in [3.63, 3.8) is 0 Å². The van der Waals surface area contributed by atoms with Crippen LogP contribution in [0.15, 0.2) is 53.6 Å². The molecule has 0 radical (unpaired) electrons. The van der Waals surface area contributed by atoms with Gasteiger partial charge in [-0.15, -0.1) is 0 Å². The molecule has 0 spiro atoms. The van der Waals surface area contributed by atoms with E-state index in [0.717, 1.165) is 16.9 Å². The van der Waals surface area contributed by atoms with E-state index >= 15 is 0 Å². The molecule has 0 aromatic heterocycles. The Morgan fingerprint density at radius 2 is 1.88 bits per heavy atom. The van der Waals surface area contributed by atoms with Crippen LogP contribution in [0.4, 0.5) is 0 Å². The first-order valence-electron chi connectivity index (χ1n) is 8.20. The number of nitrogens with one attached hydrogen (secondary N) is 3. The summed E-state index contributed by atoms with van der Waals surface area (Å²) in [5.41, 5.74) is 12.0. The number of methoxy groups -OCH3 is 1. The molecule has 1 fully saturated rings. The highest BCUT2D eigenvalue weighted by Crippen LogP contribution is 2.22. The van der Waals surface area contributed by atoms with Crippen molar-refractivity contribution in [1.82, 2.24) is 16.3 Å². The third-order valence-corrected chi connectivity index (χ3v) is 4.20. The number of nitrogens with zero attached hydrogens (tertiary/aromatic N) is 1. The number of benzene rings is 2. The number of amides is 1. The average Bonchev–Trinajstić information content (AvgIpc) is 3.13. The zero-order valence-electron chi connectivity index (χ0n) is 14.3. The second-order valence-electron chi connectivity index (χ2n) is 6.05. The van der Waals surface area contributed by atoms with Gasteiger partial charge in [-0.3, -0.25) is 4.79 Å². The topological polar surface area (TPSA) is 74.8 Å². The van der Waals surface area contributed by atoms with Gasteiger partial charge in [-0.25, -0.2) is 16.3 Å². The quantitative estimate of drug-likeness (QED) is 0.576. The fourth-order valence-electron chi connectivity index (χ4n) is 2.68. The van der Waals surface area contributed by atoms with Crippen LogP contribution in [0.5, 0.6) is 5.75 Å². The fraction of sp³-hybridized carbons (Fsp3) is 0.263. The Morgan fingerprint density at radius 3 is 2.56 bits per heavy atom. The van der Waals surface area contributed by atoms with Crippen LogP contribution in [-0.2, 0) is 4.79 Å². The molecule has 3 N–H and O–H groups in total. The molecule has 2 unspecified atom stereocenters. The largest absolute Gasteiger partial charge is 0.497 e. The monoisotopic (exact) mass is 338 g/mol. The third-order valence-electron chi connectivity index (χ3n) is 4.20. The number of ether oxygens (including phenoxy) is 1. The second kappa shape index (κ2) is 7.92. The maximum Gasteiger partial charge on any atom is 0.258 e. The Labute approximate surface area is 147 Å². The van der Waals surface area contributed by atoms with Gasteiger partial charge in [-0.05, 0) is 48.7 Å². The number of hydrazine groups is 1. The highest BCUT2D eigenvalue weighted by atomic mass is 16.5. The van der Waals surface area contributed by atoms with E-state index in [4.69, 9.17) is 4.74 Å². The van der Waals surface area contributed by atoms with Gasteiger partial charge in [-0.1, -0.05) is 29.8 Å². The molecule has 1 aliphatic rings. The summed E-state index contributed by atoms with van der Waals surface area (Å²) in [5, 5.41) is 4.02. The van der Waals surface area contributed by atoms with Gasteiger partial charge in [0.15, 0.2) is 0 Å². The lowest BCUT2D eigenvalue weighted by molar-refractivity contribution is -0.122. The Hall–Kier alpha value is -2.70. The molecule has 2 aromatic carbocycles. The zero-order valence-corrected chi connectivity index (χ0v) is 14.3. The molecule has 2 atom stereocenters. The molecule has 0 aliphatic carbocycles. The average molecular weight is 338 g/mol. The summed E-state index contributed by atoms with van der Waals surface area (Å²) in [5.74, 6) is 0.622. The van der Waals surface area contributed by atoms with Crippen molar-refractivity contribution in [3.8, 4) is 5.75 Å². The Kier molecular flexibility index (Phi) is 5.42. The minimum Gasteiger partial charge on any atom is -0.497 e. The van der Waals surface area contributed by atoms with Gasteiger partial charge in [0.05, 0.1) is 13.3 Å². The number of carbonyl (C=O) groups is 1. The molecule has 25 heavy (non-hydrogen) atoms. The molecule has 0 bridgehead atoms. The minimum absolute atomic E-state index is 0.113. The Bertz CT molecular complexity index is 741. The molecule has 2 aromatic rings. The zero-order chi connectivity index (χ0) is 17.6. The molecule has 6 heteroatoms. The number of carbonyl (C=O) groups excluding carboxylic acids is 1. The molecule has 1 amide bonds. The van der Waals surface area contributed by atoms with E-state index in [0.29, 0.717) is 6.42 Å². The van der Waals surface area contributed by atoms with Gasteiger partial charge in [0.25, 0.3) is 5.91 Å². The van der Waals surface area contributed by atoms with E-state index in [1.807, 2.05) is 24.3 Å². The van der Waals surface area contributed by atoms with Crippen LogP contribution in [0.25, 0.3) is 0 Å². The SMILES string of the molecule is COc1ccc(/C=N/NC(=O)C2CC(c3ccc(C)cc3)NN2)cc1. The number of rotatable bonds is 5. The predicted molar refractivity (Wildman–Crippen MR) is 97.3 cm³/mol. The summed E-state index contributed by atoms with van der Waals surface area (Å²) >= 11 is 0. The van der Waals surface area contributed by atoms with Gasteiger partial charge in [0, 0.05) is 6.04 Å². The first-order valence-corrected chi connectivity index (χ1v) is 8.20. The van der Waals surface area contributed by atoms with Crippen LogP contribution in [0.3, 0.4) is 0 Å². The van der Waals surface area contributed by atoms with E-state index in [1.54, 1.807) is 13.3 Å². The minimum atomic E-state index is -0.320. The number of hydrogen-bond acceptors (Lipinski definition) is 5. The van der Waals surface area contributed by atoms with Crippen LogP contribution >= 0.6 is 0 Å². The van der Waals surface area contributed by atoms with E-state index in [2.05, 4.69) is 52.6 Å². The Morgan fingerprint density at radius 1 is 1.16 bits per heavy atom. The van der Waals surface area contributed by atoms with Crippen molar-refractivity contribution in [1.29, 1.82) is 0 Å². The highest BCUT2D eigenvalue weighted by Gasteiger charge is 2.29. The van der Waals surface area contributed by atoms with E-state index in [1.165, 1.54) is 5.56 Å². The van der Waals surface area contributed by atoms with E-state index in [9.17, 15) is 4.79 Å². The van der Waals surface area contributed by atoms with Crippen molar-refractivity contribution in [2.75, 3.05) is 7.11 Å². The molecule has 1 heterocycles.